The fourth-order valence-corrected chi connectivity index (χ4v) is 2.03. The Labute approximate surface area is 148 Å². The Kier molecular flexibility index (Phi) is 5.88. The van der Waals surface area contributed by atoms with Crippen molar-refractivity contribution in [2.45, 2.75) is 20.0 Å². The Hall–Kier alpha value is -3.01. The Bertz CT molecular complexity index is 857. The molecule has 4 nitrogen and oxygen atoms in total. The maximum absolute atomic E-state index is 12.8. The normalized spacial score (nSPS) is 12.1. The van der Waals surface area contributed by atoms with E-state index in [0.29, 0.717) is 0 Å². The van der Waals surface area contributed by atoms with Crippen LogP contribution in [0.4, 0.5) is 13.2 Å². The number of nitriles is 1. The van der Waals surface area contributed by atoms with Gasteiger partial charge in [-0.3, -0.25) is 0 Å². The van der Waals surface area contributed by atoms with Crippen molar-refractivity contribution in [1.82, 2.24) is 0 Å². The molecule has 2 aromatic rings. The smallest absolute Gasteiger partial charge is 0.416 e. The molecule has 0 aliphatic carbocycles. The number of hydrogen-bond donors (Lipinski definition) is 0. The zero-order valence-electron chi connectivity index (χ0n) is 14.1. The third kappa shape index (κ3) is 4.99. The van der Waals surface area contributed by atoms with E-state index in [9.17, 15) is 18.0 Å². The highest BCUT2D eigenvalue weighted by atomic mass is 19.4. The lowest BCUT2D eigenvalue weighted by Gasteiger charge is -2.07. The summed E-state index contributed by atoms with van der Waals surface area (Å²) in [4.78, 5) is 11.8. The number of furan rings is 1. The van der Waals surface area contributed by atoms with Crippen LogP contribution in [0.1, 0.15) is 25.2 Å². The van der Waals surface area contributed by atoms with Crippen molar-refractivity contribution in [2.24, 2.45) is 5.92 Å². The second kappa shape index (κ2) is 7.91. The Morgan fingerprint density at radius 3 is 2.65 bits per heavy atom. The van der Waals surface area contributed by atoms with Gasteiger partial charge < -0.3 is 9.15 Å². The maximum Gasteiger partial charge on any atom is 0.416 e. The first-order valence-electron chi connectivity index (χ1n) is 7.77. The molecule has 0 aliphatic heterocycles. The molecule has 1 heterocycles. The zero-order chi connectivity index (χ0) is 19.3. The summed E-state index contributed by atoms with van der Waals surface area (Å²) >= 11 is 0. The van der Waals surface area contributed by atoms with Crippen LogP contribution >= 0.6 is 0 Å². The van der Waals surface area contributed by atoms with Gasteiger partial charge in [-0.2, -0.15) is 18.4 Å². The van der Waals surface area contributed by atoms with E-state index in [1.807, 2.05) is 13.8 Å². The number of rotatable bonds is 5. The highest BCUT2D eigenvalue weighted by molar-refractivity contribution is 5.97. The minimum atomic E-state index is -4.46. The molecule has 136 valence electrons. The van der Waals surface area contributed by atoms with Crippen LogP contribution in [0.3, 0.4) is 0 Å². The van der Waals surface area contributed by atoms with Gasteiger partial charge >= 0.3 is 12.1 Å². The summed E-state index contributed by atoms with van der Waals surface area (Å²) in [5.41, 5.74) is -0.811. The van der Waals surface area contributed by atoms with E-state index in [2.05, 4.69) is 0 Å². The van der Waals surface area contributed by atoms with Crippen molar-refractivity contribution in [2.75, 3.05) is 6.61 Å². The van der Waals surface area contributed by atoms with Gasteiger partial charge in [-0.1, -0.05) is 26.0 Å². The van der Waals surface area contributed by atoms with E-state index in [4.69, 9.17) is 14.4 Å². The largest absolute Gasteiger partial charge is 0.461 e. The molecule has 0 bridgehead atoms. The van der Waals surface area contributed by atoms with Crippen LogP contribution < -0.4 is 0 Å². The summed E-state index contributed by atoms with van der Waals surface area (Å²) in [5, 5.41) is 9.09. The SMILES string of the molecule is CC(C)COC(=O)/C(C#N)=C\c1ccc(-c2cccc(C(F)(F)F)c2)o1. The standard InChI is InChI=1S/C19H16F3NO3/c1-12(2)11-25-18(24)14(10-23)9-16-6-7-17(26-16)13-4-3-5-15(8-13)19(20,21)22/h3-9,12H,11H2,1-2H3/b14-9-. The second-order valence-electron chi connectivity index (χ2n) is 5.94. The Balaban J connectivity index is 2.24. The van der Waals surface area contributed by atoms with Gasteiger partial charge in [0, 0.05) is 11.6 Å². The topological polar surface area (TPSA) is 63.2 Å². The van der Waals surface area contributed by atoms with Gasteiger partial charge in [-0.25, -0.2) is 4.79 Å². The minimum Gasteiger partial charge on any atom is -0.461 e. The van der Waals surface area contributed by atoms with E-state index in [1.165, 1.54) is 30.3 Å². The highest BCUT2D eigenvalue weighted by Crippen LogP contribution is 2.32. The van der Waals surface area contributed by atoms with Crippen LogP contribution in [0, 0.1) is 17.2 Å². The molecular weight excluding hydrogens is 347 g/mol. The van der Waals surface area contributed by atoms with Gasteiger partial charge in [0.2, 0.25) is 0 Å². The Morgan fingerprint density at radius 1 is 1.31 bits per heavy atom. The van der Waals surface area contributed by atoms with Crippen molar-refractivity contribution >= 4 is 12.0 Å². The van der Waals surface area contributed by atoms with Gasteiger partial charge in [0.15, 0.2) is 0 Å². The lowest BCUT2D eigenvalue weighted by molar-refractivity contribution is -0.139. The van der Waals surface area contributed by atoms with E-state index in [0.717, 1.165) is 12.1 Å². The average molecular weight is 363 g/mol. The number of carbonyl (C=O) groups excluding carboxylic acids is 1. The monoisotopic (exact) mass is 363 g/mol. The van der Waals surface area contributed by atoms with Crippen LogP contribution in [-0.4, -0.2) is 12.6 Å². The number of benzene rings is 1. The van der Waals surface area contributed by atoms with Gasteiger partial charge in [0.25, 0.3) is 0 Å². The summed E-state index contributed by atoms with van der Waals surface area (Å²) < 4.78 is 48.8. The molecule has 0 N–H and O–H groups in total. The molecule has 0 saturated carbocycles. The van der Waals surface area contributed by atoms with Gasteiger partial charge in [-0.05, 0) is 30.2 Å². The number of esters is 1. The first kappa shape index (κ1) is 19.3. The molecule has 0 fully saturated rings. The molecule has 0 radical (unpaired) electrons. The molecule has 0 unspecified atom stereocenters. The molecular formula is C19H16F3NO3. The van der Waals surface area contributed by atoms with E-state index in [-0.39, 0.29) is 35.2 Å². The van der Waals surface area contributed by atoms with Gasteiger partial charge in [0.1, 0.15) is 23.2 Å². The quantitative estimate of drug-likeness (QED) is 0.423. The number of halogens is 3. The number of hydrogen-bond acceptors (Lipinski definition) is 4. The summed E-state index contributed by atoms with van der Waals surface area (Å²) in [6.07, 6.45) is -3.26. The molecule has 1 aromatic heterocycles. The van der Waals surface area contributed by atoms with Gasteiger partial charge in [-0.15, -0.1) is 0 Å². The Morgan fingerprint density at radius 2 is 2.04 bits per heavy atom. The lowest BCUT2D eigenvalue weighted by Crippen LogP contribution is -2.11. The molecule has 0 amide bonds. The maximum atomic E-state index is 12.8. The fraction of sp³-hybridized carbons (Fsp3) is 0.263. The van der Waals surface area contributed by atoms with Crippen LogP contribution in [0.25, 0.3) is 17.4 Å². The highest BCUT2D eigenvalue weighted by Gasteiger charge is 2.30. The average Bonchev–Trinajstić information content (AvgIpc) is 3.05. The molecule has 0 aliphatic rings. The van der Waals surface area contributed by atoms with Crippen LogP contribution in [0.5, 0.6) is 0 Å². The molecule has 1 aromatic carbocycles. The molecule has 7 heteroatoms. The van der Waals surface area contributed by atoms with Crippen molar-refractivity contribution < 1.29 is 27.1 Å². The second-order valence-corrected chi connectivity index (χ2v) is 5.94. The number of alkyl halides is 3. The third-order valence-electron chi connectivity index (χ3n) is 3.28. The van der Waals surface area contributed by atoms with Crippen LogP contribution in [0.2, 0.25) is 0 Å². The van der Waals surface area contributed by atoms with E-state index >= 15 is 0 Å². The van der Waals surface area contributed by atoms with Crippen LogP contribution in [0.15, 0.2) is 46.4 Å². The first-order valence-corrected chi connectivity index (χ1v) is 7.77. The summed E-state index contributed by atoms with van der Waals surface area (Å²) in [7, 11) is 0. The van der Waals surface area contributed by atoms with Crippen molar-refractivity contribution in [1.29, 1.82) is 5.26 Å². The number of nitrogens with zero attached hydrogens (tertiary/aromatic N) is 1. The molecule has 26 heavy (non-hydrogen) atoms. The van der Waals surface area contributed by atoms with E-state index < -0.39 is 17.7 Å². The molecule has 0 atom stereocenters. The number of carbonyl (C=O) groups is 1. The third-order valence-corrected chi connectivity index (χ3v) is 3.28. The van der Waals surface area contributed by atoms with Crippen molar-refractivity contribution in [3.8, 4) is 17.4 Å². The molecule has 2 rings (SSSR count). The lowest BCUT2D eigenvalue weighted by atomic mass is 10.1. The predicted molar refractivity (Wildman–Crippen MR) is 88.5 cm³/mol. The minimum absolute atomic E-state index is 0.120. The first-order chi connectivity index (χ1) is 12.2. The predicted octanol–water partition coefficient (Wildman–Crippen LogP) is 5.07. The van der Waals surface area contributed by atoms with E-state index in [1.54, 1.807) is 6.07 Å². The van der Waals surface area contributed by atoms with Gasteiger partial charge in [0.05, 0.1) is 12.2 Å². The number of ether oxygens (including phenoxy) is 1. The molecule has 0 saturated heterocycles. The summed E-state index contributed by atoms with van der Waals surface area (Å²) in [6.45, 7) is 3.89. The summed E-state index contributed by atoms with van der Waals surface area (Å²) in [6, 6.07) is 9.34. The van der Waals surface area contributed by atoms with Crippen molar-refractivity contribution in [3.63, 3.8) is 0 Å². The van der Waals surface area contributed by atoms with Crippen LogP contribution in [-0.2, 0) is 15.7 Å². The fourth-order valence-electron chi connectivity index (χ4n) is 2.03. The van der Waals surface area contributed by atoms with Crippen molar-refractivity contribution in [3.05, 3.63) is 53.3 Å². The molecule has 0 spiro atoms. The summed E-state index contributed by atoms with van der Waals surface area (Å²) in [5.74, 6) is -0.307. The zero-order valence-corrected chi connectivity index (χ0v) is 14.1.